The third-order valence-electron chi connectivity index (χ3n) is 5.52. The SMILES string of the molecule is Cc1n[nH]c(C)c1-c1cc2nc[nH]c(=O)c2c(Nc2ccc(N3CCOCC3)cc2)n1. The lowest BCUT2D eigenvalue weighted by molar-refractivity contribution is 0.122. The standard InChI is InChI=1S/C22H23N7O2/c1-13-19(14(2)28-27-13)18-11-17-20(22(30)24-12-23-17)21(26-18)25-15-3-5-16(6-4-15)29-7-9-31-10-8-29/h3-6,11-12H,7-10H2,1-2H3,(H,25,26)(H,27,28)(H,23,24,30). The molecule has 5 rings (SSSR count). The zero-order valence-electron chi connectivity index (χ0n) is 17.4. The maximum absolute atomic E-state index is 12.6. The molecule has 1 aliphatic heterocycles. The van der Waals surface area contributed by atoms with Gasteiger partial charge >= 0.3 is 0 Å². The van der Waals surface area contributed by atoms with Gasteiger partial charge in [0, 0.05) is 35.7 Å². The molecule has 0 spiro atoms. The van der Waals surface area contributed by atoms with Crippen LogP contribution in [0.15, 0.2) is 41.5 Å². The Bertz CT molecular complexity index is 1270. The Balaban J connectivity index is 1.55. The molecular weight excluding hydrogens is 394 g/mol. The maximum Gasteiger partial charge on any atom is 0.262 e. The number of aromatic amines is 2. The average molecular weight is 417 g/mol. The van der Waals surface area contributed by atoms with Crippen LogP contribution in [-0.2, 0) is 4.74 Å². The van der Waals surface area contributed by atoms with Crippen molar-refractivity contribution in [1.29, 1.82) is 0 Å². The molecule has 3 N–H and O–H groups in total. The van der Waals surface area contributed by atoms with Crippen molar-refractivity contribution in [3.63, 3.8) is 0 Å². The molecule has 9 nitrogen and oxygen atoms in total. The molecule has 0 saturated carbocycles. The van der Waals surface area contributed by atoms with Crippen molar-refractivity contribution >= 4 is 28.1 Å². The highest BCUT2D eigenvalue weighted by atomic mass is 16.5. The van der Waals surface area contributed by atoms with Crippen LogP contribution in [-0.4, -0.2) is 51.5 Å². The van der Waals surface area contributed by atoms with Crippen LogP contribution in [0.4, 0.5) is 17.2 Å². The molecule has 4 heterocycles. The van der Waals surface area contributed by atoms with Gasteiger partial charge in [0.25, 0.3) is 5.56 Å². The van der Waals surface area contributed by atoms with Gasteiger partial charge in [0.05, 0.1) is 36.4 Å². The quantitative estimate of drug-likeness (QED) is 0.468. The minimum absolute atomic E-state index is 0.239. The first kappa shape index (κ1) is 19.3. The van der Waals surface area contributed by atoms with Crippen molar-refractivity contribution in [2.24, 2.45) is 0 Å². The highest BCUT2D eigenvalue weighted by molar-refractivity contribution is 5.93. The number of anilines is 3. The van der Waals surface area contributed by atoms with Crippen LogP contribution in [0.3, 0.4) is 0 Å². The van der Waals surface area contributed by atoms with Crippen molar-refractivity contribution in [3.8, 4) is 11.3 Å². The molecule has 31 heavy (non-hydrogen) atoms. The zero-order chi connectivity index (χ0) is 21.4. The number of hydrogen-bond acceptors (Lipinski definition) is 7. The van der Waals surface area contributed by atoms with Gasteiger partial charge in [-0.3, -0.25) is 9.89 Å². The van der Waals surface area contributed by atoms with Crippen molar-refractivity contribution < 1.29 is 4.74 Å². The molecule has 0 amide bonds. The Labute approximate surface area is 178 Å². The number of nitrogens with zero attached hydrogens (tertiary/aromatic N) is 4. The fourth-order valence-corrected chi connectivity index (χ4v) is 3.95. The lowest BCUT2D eigenvalue weighted by atomic mass is 10.1. The highest BCUT2D eigenvalue weighted by Gasteiger charge is 2.17. The van der Waals surface area contributed by atoms with Gasteiger partial charge < -0.3 is 19.9 Å². The van der Waals surface area contributed by atoms with Crippen LogP contribution in [0.1, 0.15) is 11.4 Å². The Kier molecular flexibility index (Phi) is 4.87. The Morgan fingerprint density at radius 3 is 2.61 bits per heavy atom. The van der Waals surface area contributed by atoms with Gasteiger partial charge in [0.1, 0.15) is 11.2 Å². The maximum atomic E-state index is 12.6. The zero-order valence-corrected chi connectivity index (χ0v) is 17.4. The van der Waals surface area contributed by atoms with Gasteiger partial charge in [0.2, 0.25) is 0 Å². The van der Waals surface area contributed by atoms with Gasteiger partial charge in [-0.2, -0.15) is 5.10 Å². The molecule has 0 bridgehead atoms. The molecule has 0 atom stereocenters. The first-order valence-corrected chi connectivity index (χ1v) is 10.2. The summed E-state index contributed by atoms with van der Waals surface area (Å²) in [6.07, 6.45) is 1.41. The predicted octanol–water partition coefficient (Wildman–Crippen LogP) is 2.91. The van der Waals surface area contributed by atoms with Crippen molar-refractivity contribution in [2.45, 2.75) is 13.8 Å². The number of pyridine rings is 1. The van der Waals surface area contributed by atoms with E-state index in [1.807, 2.05) is 32.0 Å². The number of rotatable bonds is 4. The highest BCUT2D eigenvalue weighted by Crippen LogP contribution is 2.30. The molecule has 1 fully saturated rings. The topological polar surface area (TPSA) is 112 Å². The summed E-state index contributed by atoms with van der Waals surface area (Å²) in [4.78, 5) is 26.6. The van der Waals surface area contributed by atoms with E-state index < -0.39 is 0 Å². The minimum atomic E-state index is -0.239. The lowest BCUT2D eigenvalue weighted by Gasteiger charge is -2.28. The molecule has 4 aromatic rings. The average Bonchev–Trinajstić information content (AvgIpc) is 3.12. The second-order valence-corrected chi connectivity index (χ2v) is 7.56. The normalized spacial score (nSPS) is 14.2. The van der Waals surface area contributed by atoms with Gasteiger partial charge in [0.15, 0.2) is 0 Å². The van der Waals surface area contributed by atoms with Crippen molar-refractivity contribution in [2.75, 3.05) is 36.5 Å². The van der Waals surface area contributed by atoms with Crippen LogP contribution in [0.25, 0.3) is 22.2 Å². The third kappa shape index (κ3) is 3.64. The summed E-state index contributed by atoms with van der Waals surface area (Å²) in [6, 6.07) is 9.93. The van der Waals surface area contributed by atoms with E-state index in [9.17, 15) is 4.79 Å². The van der Waals surface area contributed by atoms with Gasteiger partial charge in [-0.1, -0.05) is 0 Å². The van der Waals surface area contributed by atoms with Crippen LogP contribution in [0, 0.1) is 13.8 Å². The van der Waals surface area contributed by atoms with Crippen LogP contribution in [0.5, 0.6) is 0 Å². The smallest absolute Gasteiger partial charge is 0.262 e. The summed E-state index contributed by atoms with van der Waals surface area (Å²) in [5.41, 5.74) is 5.69. The molecule has 158 valence electrons. The number of nitrogens with one attached hydrogen (secondary N) is 3. The number of benzene rings is 1. The number of ether oxygens (including phenoxy) is 1. The first-order chi connectivity index (χ1) is 15.1. The largest absolute Gasteiger partial charge is 0.378 e. The van der Waals surface area contributed by atoms with Crippen molar-refractivity contribution in [3.05, 3.63) is 58.4 Å². The number of hydrogen-bond donors (Lipinski definition) is 3. The lowest BCUT2D eigenvalue weighted by Crippen LogP contribution is -2.36. The molecule has 0 radical (unpaired) electrons. The molecule has 9 heteroatoms. The number of H-pyrrole nitrogens is 2. The van der Waals surface area contributed by atoms with E-state index in [0.29, 0.717) is 22.4 Å². The van der Waals surface area contributed by atoms with E-state index in [-0.39, 0.29) is 5.56 Å². The summed E-state index contributed by atoms with van der Waals surface area (Å²) >= 11 is 0. The van der Waals surface area contributed by atoms with E-state index in [2.05, 4.69) is 42.5 Å². The number of aromatic nitrogens is 5. The summed E-state index contributed by atoms with van der Waals surface area (Å²) in [5.74, 6) is 0.459. The fraction of sp³-hybridized carbons (Fsp3) is 0.273. The Morgan fingerprint density at radius 2 is 1.90 bits per heavy atom. The number of aryl methyl sites for hydroxylation is 2. The fourth-order valence-electron chi connectivity index (χ4n) is 3.95. The van der Waals surface area contributed by atoms with Gasteiger partial charge in [-0.25, -0.2) is 9.97 Å². The van der Waals surface area contributed by atoms with Gasteiger partial charge in [-0.05, 0) is 44.2 Å². The molecular formula is C22H23N7O2. The third-order valence-corrected chi connectivity index (χ3v) is 5.52. The molecule has 0 aliphatic carbocycles. The second kappa shape index (κ2) is 7.84. The molecule has 3 aromatic heterocycles. The Hall–Kier alpha value is -3.72. The minimum Gasteiger partial charge on any atom is -0.378 e. The monoisotopic (exact) mass is 417 g/mol. The second-order valence-electron chi connectivity index (χ2n) is 7.56. The summed E-state index contributed by atoms with van der Waals surface area (Å²) < 4.78 is 5.43. The molecule has 1 aromatic carbocycles. The van der Waals surface area contributed by atoms with Crippen LogP contribution >= 0.6 is 0 Å². The number of fused-ring (bicyclic) bond motifs is 1. The molecule has 1 aliphatic rings. The van der Waals surface area contributed by atoms with E-state index in [0.717, 1.165) is 54.6 Å². The van der Waals surface area contributed by atoms with E-state index in [1.165, 1.54) is 6.33 Å². The summed E-state index contributed by atoms with van der Waals surface area (Å²) in [6.45, 7) is 7.12. The first-order valence-electron chi connectivity index (χ1n) is 10.2. The van der Waals surface area contributed by atoms with Crippen LogP contribution in [0.2, 0.25) is 0 Å². The molecule has 1 saturated heterocycles. The molecule has 0 unspecified atom stereocenters. The van der Waals surface area contributed by atoms with Crippen LogP contribution < -0.4 is 15.8 Å². The van der Waals surface area contributed by atoms with E-state index in [4.69, 9.17) is 9.72 Å². The van der Waals surface area contributed by atoms with E-state index in [1.54, 1.807) is 0 Å². The summed E-state index contributed by atoms with van der Waals surface area (Å²) in [5, 5.41) is 11.0. The summed E-state index contributed by atoms with van der Waals surface area (Å²) in [7, 11) is 0. The number of morpholine rings is 1. The predicted molar refractivity (Wildman–Crippen MR) is 120 cm³/mol. The van der Waals surface area contributed by atoms with Crippen molar-refractivity contribution in [1.82, 2.24) is 25.1 Å². The van der Waals surface area contributed by atoms with E-state index >= 15 is 0 Å². The Morgan fingerprint density at radius 1 is 1.13 bits per heavy atom. The van der Waals surface area contributed by atoms with Gasteiger partial charge in [-0.15, -0.1) is 0 Å².